The molecule has 104 valence electrons. The summed E-state index contributed by atoms with van der Waals surface area (Å²) in [6.07, 6.45) is 0. The fourth-order valence-corrected chi connectivity index (χ4v) is 1.71. The fourth-order valence-electron chi connectivity index (χ4n) is 1.71. The quantitative estimate of drug-likeness (QED) is 0.621. The van der Waals surface area contributed by atoms with Gasteiger partial charge in [0, 0.05) is 23.8 Å². The van der Waals surface area contributed by atoms with Crippen LogP contribution < -0.4 is 9.47 Å². The number of hydrogen-bond acceptors (Lipinski definition) is 4. The maximum absolute atomic E-state index is 13.0. The van der Waals surface area contributed by atoms with E-state index in [4.69, 9.17) is 9.47 Å². The van der Waals surface area contributed by atoms with Gasteiger partial charge in [0.1, 0.15) is 23.9 Å². The molecule has 0 bridgehead atoms. The highest BCUT2D eigenvalue weighted by Gasteiger charge is 2.12. The summed E-state index contributed by atoms with van der Waals surface area (Å²) >= 11 is 0. The molecule has 0 atom stereocenters. The molecule has 0 radical (unpaired) electrons. The van der Waals surface area contributed by atoms with Crippen LogP contribution in [-0.4, -0.2) is 12.0 Å². The maximum atomic E-state index is 13.0. The molecule has 0 heterocycles. The van der Waals surface area contributed by atoms with Gasteiger partial charge in [-0.05, 0) is 18.2 Å². The van der Waals surface area contributed by atoms with Crippen molar-refractivity contribution in [3.63, 3.8) is 0 Å². The SMILES string of the molecule is COc1ccc([N+](=O)[O-])cc1COc1cccc(F)c1. The average Bonchev–Trinajstić information content (AvgIpc) is 2.44. The van der Waals surface area contributed by atoms with Gasteiger partial charge < -0.3 is 9.47 Å². The zero-order valence-corrected chi connectivity index (χ0v) is 10.7. The van der Waals surface area contributed by atoms with E-state index in [1.807, 2.05) is 0 Å². The highest BCUT2D eigenvalue weighted by atomic mass is 19.1. The minimum absolute atomic E-state index is 0.0499. The molecule has 2 rings (SSSR count). The Morgan fingerprint density at radius 2 is 2.05 bits per heavy atom. The van der Waals surface area contributed by atoms with Crippen molar-refractivity contribution < 1.29 is 18.8 Å². The van der Waals surface area contributed by atoms with Gasteiger partial charge in [0.25, 0.3) is 5.69 Å². The molecule has 2 aromatic carbocycles. The Labute approximate surface area is 114 Å². The minimum Gasteiger partial charge on any atom is -0.496 e. The molecule has 0 amide bonds. The Kier molecular flexibility index (Phi) is 4.14. The van der Waals surface area contributed by atoms with E-state index in [0.29, 0.717) is 17.1 Å². The molecule has 0 unspecified atom stereocenters. The number of halogens is 1. The van der Waals surface area contributed by atoms with E-state index < -0.39 is 10.7 Å². The number of nitro benzene ring substituents is 1. The number of nitrogens with zero attached hydrogens (tertiary/aromatic N) is 1. The van der Waals surface area contributed by atoms with Crippen LogP contribution in [0.4, 0.5) is 10.1 Å². The maximum Gasteiger partial charge on any atom is 0.270 e. The van der Waals surface area contributed by atoms with Crippen LogP contribution in [0.2, 0.25) is 0 Å². The number of rotatable bonds is 5. The first-order valence-electron chi connectivity index (χ1n) is 5.80. The third kappa shape index (κ3) is 3.23. The van der Waals surface area contributed by atoms with Crippen molar-refractivity contribution in [1.82, 2.24) is 0 Å². The third-order valence-electron chi connectivity index (χ3n) is 2.67. The van der Waals surface area contributed by atoms with Crippen LogP contribution in [0.25, 0.3) is 0 Å². The van der Waals surface area contributed by atoms with Gasteiger partial charge in [0.15, 0.2) is 0 Å². The molecular weight excluding hydrogens is 265 g/mol. The highest BCUT2D eigenvalue weighted by Crippen LogP contribution is 2.25. The summed E-state index contributed by atoms with van der Waals surface area (Å²) in [5.74, 6) is 0.416. The second-order valence-corrected chi connectivity index (χ2v) is 4.00. The molecule has 20 heavy (non-hydrogen) atoms. The van der Waals surface area contributed by atoms with Crippen molar-refractivity contribution in [3.8, 4) is 11.5 Å². The number of methoxy groups -OCH3 is 1. The van der Waals surface area contributed by atoms with Gasteiger partial charge in [-0.2, -0.15) is 0 Å². The van der Waals surface area contributed by atoms with Crippen molar-refractivity contribution in [2.24, 2.45) is 0 Å². The molecule has 0 aliphatic heterocycles. The number of hydrogen-bond donors (Lipinski definition) is 0. The van der Waals surface area contributed by atoms with Crippen molar-refractivity contribution in [3.05, 3.63) is 64.0 Å². The summed E-state index contributed by atoms with van der Waals surface area (Å²) in [7, 11) is 1.47. The van der Waals surface area contributed by atoms with E-state index in [0.717, 1.165) is 0 Å². The first-order chi connectivity index (χ1) is 9.60. The lowest BCUT2D eigenvalue weighted by atomic mass is 10.2. The van der Waals surface area contributed by atoms with Crippen LogP contribution in [-0.2, 0) is 6.61 Å². The van der Waals surface area contributed by atoms with Crippen LogP contribution in [0.3, 0.4) is 0 Å². The Morgan fingerprint density at radius 3 is 2.70 bits per heavy atom. The molecule has 0 aliphatic carbocycles. The molecule has 2 aromatic rings. The topological polar surface area (TPSA) is 61.6 Å². The first kappa shape index (κ1) is 13.8. The zero-order chi connectivity index (χ0) is 14.5. The Hall–Kier alpha value is -2.63. The molecule has 0 aromatic heterocycles. The Bertz CT molecular complexity index is 630. The second-order valence-electron chi connectivity index (χ2n) is 4.00. The summed E-state index contributed by atoms with van der Waals surface area (Å²) in [5, 5.41) is 10.7. The predicted molar refractivity (Wildman–Crippen MR) is 70.4 cm³/mol. The molecule has 0 aliphatic rings. The van der Waals surface area contributed by atoms with Gasteiger partial charge in [-0.25, -0.2) is 4.39 Å². The molecule has 0 fully saturated rings. The van der Waals surface area contributed by atoms with Crippen LogP contribution in [0.5, 0.6) is 11.5 Å². The first-order valence-corrected chi connectivity index (χ1v) is 5.80. The van der Waals surface area contributed by atoms with Crippen molar-refractivity contribution in [1.29, 1.82) is 0 Å². The molecule has 0 saturated carbocycles. The number of nitro groups is 1. The number of ether oxygens (including phenoxy) is 2. The Morgan fingerprint density at radius 1 is 1.25 bits per heavy atom. The van der Waals surface area contributed by atoms with Crippen molar-refractivity contribution >= 4 is 5.69 Å². The van der Waals surface area contributed by atoms with Gasteiger partial charge >= 0.3 is 0 Å². The van der Waals surface area contributed by atoms with E-state index in [9.17, 15) is 14.5 Å². The summed E-state index contributed by atoms with van der Waals surface area (Å²) in [6.45, 7) is 0.0499. The molecule has 5 nitrogen and oxygen atoms in total. The van der Waals surface area contributed by atoms with E-state index in [1.165, 1.54) is 43.5 Å². The molecule has 0 N–H and O–H groups in total. The lowest BCUT2D eigenvalue weighted by molar-refractivity contribution is -0.385. The number of benzene rings is 2. The van der Waals surface area contributed by atoms with Crippen molar-refractivity contribution in [2.75, 3.05) is 7.11 Å². The average molecular weight is 277 g/mol. The highest BCUT2D eigenvalue weighted by molar-refractivity contribution is 5.43. The largest absolute Gasteiger partial charge is 0.496 e. The summed E-state index contributed by atoms with van der Waals surface area (Å²) in [6, 6.07) is 9.90. The monoisotopic (exact) mass is 277 g/mol. The van der Waals surface area contributed by atoms with Gasteiger partial charge in [0.05, 0.1) is 12.0 Å². The molecular formula is C14H12FNO4. The van der Waals surface area contributed by atoms with E-state index in [-0.39, 0.29) is 12.3 Å². The van der Waals surface area contributed by atoms with E-state index in [2.05, 4.69) is 0 Å². The zero-order valence-electron chi connectivity index (χ0n) is 10.7. The van der Waals surface area contributed by atoms with E-state index in [1.54, 1.807) is 6.07 Å². The second kappa shape index (κ2) is 6.01. The summed E-state index contributed by atoms with van der Waals surface area (Å²) < 4.78 is 23.5. The fraction of sp³-hybridized carbons (Fsp3) is 0.143. The summed E-state index contributed by atoms with van der Waals surface area (Å²) in [5.41, 5.74) is 0.467. The van der Waals surface area contributed by atoms with Crippen LogP contribution in [0.1, 0.15) is 5.56 Å². The van der Waals surface area contributed by atoms with E-state index >= 15 is 0 Å². The van der Waals surface area contributed by atoms with Gasteiger partial charge in [-0.3, -0.25) is 10.1 Å². The summed E-state index contributed by atoms with van der Waals surface area (Å²) in [4.78, 5) is 10.3. The predicted octanol–water partition coefficient (Wildman–Crippen LogP) is 3.32. The van der Waals surface area contributed by atoms with Gasteiger partial charge in [0.2, 0.25) is 0 Å². The smallest absolute Gasteiger partial charge is 0.270 e. The minimum atomic E-state index is -0.495. The number of non-ortho nitro benzene ring substituents is 1. The Balaban J connectivity index is 2.19. The van der Waals surface area contributed by atoms with Gasteiger partial charge in [-0.15, -0.1) is 0 Å². The lowest BCUT2D eigenvalue weighted by Crippen LogP contribution is -2.00. The van der Waals surface area contributed by atoms with Crippen molar-refractivity contribution in [2.45, 2.75) is 6.61 Å². The third-order valence-corrected chi connectivity index (χ3v) is 2.67. The standard InChI is InChI=1S/C14H12FNO4/c1-19-14-6-5-12(16(17)18)7-10(14)9-20-13-4-2-3-11(15)8-13/h2-8H,9H2,1H3. The normalized spacial score (nSPS) is 10.1. The molecule has 0 saturated heterocycles. The van der Waals surface area contributed by atoms with Crippen LogP contribution >= 0.6 is 0 Å². The van der Waals surface area contributed by atoms with Crippen LogP contribution in [0, 0.1) is 15.9 Å². The van der Waals surface area contributed by atoms with Gasteiger partial charge in [-0.1, -0.05) is 6.07 Å². The molecule has 6 heteroatoms. The van der Waals surface area contributed by atoms with Crippen LogP contribution in [0.15, 0.2) is 42.5 Å². The lowest BCUT2D eigenvalue weighted by Gasteiger charge is -2.10. The molecule has 0 spiro atoms.